The summed E-state index contributed by atoms with van der Waals surface area (Å²) in [6.07, 6.45) is -1.21. The molecule has 2 heterocycles. The summed E-state index contributed by atoms with van der Waals surface area (Å²) in [7, 11) is 0. The van der Waals surface area contributed by atoms with Crippen LogP contribution in [0, 0.1) is 5.92 Å². The second kappa shape index (κ2) is 3.51. The zero-order chi connectivity index (χ0) is 14.3. The predicted octanol–water partition coefficient (Wildman–Crippen LogP) is -1.60. The summed E-state index contributed by atoms with van der Waals surface area (Å²) in [5.41, 5.74) is 2.31. The summed E-state index contributed by atoms with van der Waals surface area (Å²) in [5.74, 6) is 0.0909. The Bertz CT molecular complexity index is 525. The van der Waals surface area contributed by atoms with E-state index in [0.717, 1.165) is 17.7 Å². The van der Waals surface area contributed by atoms with Gasteiger partial charge in [-0.15, -0.1) is 0 Å². The van der Waals surface area contributed by atoms with Gasteiger partial charge in [0, 0.05) is 6.20 Å². The zero-order valence-electron chi connectivity index (χ0n) is 10.6. The van der Waals surface area contributed by atoms with E-state index in [2.05, 4.69) is 4.99 Å². The van der Waals surface area contributed by atoms with Crippen LogP contribution in [0.2, 0.25) is 0 Å². The average molecular weight is 285 g/mol. The van der Waals surface area contributed by atoms with Crippen molar-refractivity contribution in [3.8, 4) is 0 Å². The third-order valence-electron chi connectivity index (χ3n) is 4.78. The summed E-state index contributed by atoms with van der Waals surface area (Å²) in [6, 6.07) is 0. The van der Waals surface area contributed by atoms with Gasteiger partial charge in [-0.25, -0.2) is 9.38 Å². The lowest BCUT2D eigenvalue weighted by molar-refractivity contribution is -0.157. The third kappa shape index (κ3) is 1.21. The maximum absolute atomic E-state index is 14.5. The van der Waals surface area contributed by atoms with Crippen LogP contribution in [-0.2, 0) is 4.74 Å². The van der Waals surface area contributed by atoms with Crippen LogP contribution in [0.1, 0.15) is 12.8 Å². The van der Waals surface area contributed by atoms with Gasteiger partial charge in [-0.3, -0.25) is 0 Å². The molecule has 0 spiro atoms. The van der Waals surface area contributed by atoms with Gasteiger partial charge in [0.25, 0.3) is 0 Å². The number of alkyl halides is 1. The van der Waals surface area contributed by atoms with Crippen LogP contribution in [0.4, 0.5) is 4.39 Å². The van der Waals surface area contributed by atoms with Crippen LogP contribution in [0.25, 0.3) is 0 Å². The van der Waals surface area contributed by atoms with Crippen LogP contribution in [0.3, 0.4) is 0 Å². The summed E-state index contributed by atoms with van der Waals surface area (Å²) in [5, 5.41) is 30.1. The molecule has 20 heavy (non-hydrogen) atoms. The minimum Gasteiger partial charge on any atom is -0.387 e. The van der Waals surface area contributed by atoms with Gasteiger partial charge in [0.1, 0.15) is 17.5 Å². The number of rotatable bonds is 2. The molecule has 8 heteroatoms. The number of ether oxygens (including phenoxy) is 1. The highest BCUT2D eigenvalue weighted by atomic mass is 19.1. The van der Waals surface area contributed by atoms with E-state index in [0.29, 0.717) is 0 Å². The molecular formula is C12H16FN3O4. The molecule has 6 unspecified atom stereocenters. The fourth-order valence-corrected chi connectivity index (χ4v) is 3.53. The minimum absolute atomic E-state index is 0.0368. The van der Waals surface area contributed by atoms with E-state index >= 15 is 0 Å². The SMILES string of the molecule is NC1=NC(O)N(C2OC3(C4CC4)C(O)C3(O)C2F)C=C1. The molecule has 6 atom stereocenters. The molecule has 2 aliphatic carbocycles. The maximum atomic E-state index is 14.5. The molecule has 0 radical (unpaired) electrons. The first-order chi connectivity index (χ1) is 9.43. The van der Waals surface area contributed by atoms with Crippen LogP contribution in [-0.4, -0.2) is 62.1 Å². The molecule has 110 valence electrons. The van der Waals surface area contributed by atoms with Crippen molar-refractivity contribution < 1.29 is 24.4 Å². The number of fused-ring (bicyclic) bond motifs is 1. The molecule has 2 saturated carbocycles. The Labute approximate surface area is 114 Å². The van der Waals surface area contributed by atoms with Crippen molar-refractivity contribution in [1.82, 2.24) is 4.90 Å². The van der Waals surface area contributed by atoms with E-state index < -0.39 is 36.1 Å². The second-order valence-electron chi connectivity index (χ2n) is 5.87. The molecule has 4 aliphatic rings. The lowest BCUT2D eigenvalue weighted by atomic mass is 10.1. The summed E-state index contributed by atoms with van der Waals surface area (Å²) in [6.45, 7) is 0. The summed E-state index contributed by atoms with van der Waals surface area (Å²) >= 11 is 0. The maximum Gasteiger partial charge on any atom is 0.229 e. The summed E-state index contributed by atoms with van der Waals surface area (Å²) in [4.78, 5) is 4.86. The highest BCUT2D eigenvalue weighted by molar-refractivity contribution is 5.91. The molecule has 0 bridgehead atoms. The average Bonchev–Trinajstić information content (AvgIpc) is 3.28. The number of hydrogen-bond donors (Lipinski definition) is 4. The molecule has 4 rings (SSSR count). The van der Waals surface area contributed by atoms with Crippen molar-refractivity contribution in [1.29, 1.82) is 0 Å². The van der Waals surface area contributed by atoms with Gasteiger partial charge in [0.15, 0.2) is 18.0 Å². The first-order valence-corrected chi connectivity index (χ1v) is 6.62. The molecule has 3 fully saturated rings. The van der Waals surface area contributed by atoms with Crippen LogP contribution >= 0.6 is 0 Å². The van der Waals surface area contributed by atoms with Gasteiger partial charge >= 0.3 is 0 Å². The lowest BCUT2D eigenvalue weighted by Gasteiger charge is -2.34. The van der Waals surface area contributed by atoms with Gasteiger partial charge in [0.2, 0.25) is 6.35 Å². The number of halogens is 1. The van der Waals surface area contributed by atoms with E-state index in [1.165, 1.54) is 12.3 Å². The Morgan fingerprint density at radius 3 is 2.75 bits per heavy atom. The molecule has 1 saturated heterocycles. The fraction of sp³-hybridized carbons (Fsp3) is 0.750. The van der Waals surface area contributed by atoms with E-state index in [1.54, 1.807) is 0 Å². The molecule has 0 aromatic rings. The minimum atomic E-state index is -1.89. The Balaban J connectivity index is 1.62. The molecular weight excluding hydrogens is 269 g/mol. The predicted molar refractivity (Wildman–Crippen MR) is 64.8 cm³/mol. The fourth-order valence-electron chi connectivity index (χ4n) is 3.53. The zero-order valence-corrected chi connectivity index (χ0v) is 10.6. The van der Waals surface area contributed by atoms with Gasteiger partial charge in [-0.2, -0.15) is 0 Å². The van der Waals surface area contributed by atoms with Crippen molar-refractivity contribution >= 4 is 5.84 Å². The normalized spacial score (nSPS) is 53.8. The van der Waals surface area contributed by atoms with Crippen LogP contribution in [0.15, 0.2) is 17.3 Å². The Hall–Kier alpha value is -1.22. The van der Waals surface area contributed by atoms with E-state index in [-0.39, 0.29) is 11.8 Å². The number of aliphatic imine (C=N–C) groups is 1. The number of nitrogens with zero attached hydrogens (tertiary/aromatic N) is 2. The molecule has 0 aromatic heterocycles. The van der Waals surface area contributed by atoms with Gasteiger partial charge in [-0.1, -0.05) is 0 Å². The van der Waals surface area contributed by atoms with Gasteiger partial charge in [0.05, 0.1) is 0 Å². The molecule has 5 N–H and O–H groups in total. The van der Waals surface area contributed by atoms with E-state index in [4.69, 9.17) is 10.5 Å². The topological polar surface area (TPSA) is 112 Å². The Kier molecular flexibility index (Phi) is 2.19. The summed E-state index contributed by atoms with van der Waals surface area (Å²) < 4.78 is 20.2. The van der Waals surface area contributed by atoms with Crippen molar-refractivity contribution in [2.45, 2.75) is 48.9 Å². The monoisotopic (exact) mass is 285 g/mol. The first kappa shape index (κ1) is 12.5. The van der Waals surface area contributed by atoms with Crippen molar-refractivity contribution in [2.24, 2.45) is 16.6 Å². The number of hydrogen-bond acceptors (Lipinski definition) is 7. The van der Waals surface area contributed by atoms with Gasteiger partial charge in [-0.05, 0) is 24.8 Å². The first-order valence-electron chi connectivity index (χ1n) is 6.62. The van der Waals surface area contributed by atoms with Crippen molar-refractivity contribution in [2.75, 3.05) is 0 Å². The number of amidine groups is 1. The van der Waals surface area contributed by atoms with E-state index in [9.17, 15) is 19.7 Å². The smallest absolute Gasteiger partial charge is 0.229 e. The molecule has 7 nitrogen and oxygen atoms in total. The Morgan fingerprint density at radius 2 is 2.15 bits per heavy atom. The number of nitrogens with two attached hydrogens (primary N) is 1. The molecule has 2 aliphatic heterocycles. The quantitative estimate of drug-likeness (QED) is 0.486. The largest absolute Gasteiger partial charge is 0.387 e. The third-order valence-corrected chi connectivity index (χ3v) is 4.78. The van der Waals surface area contributed by atoms with Gasteiger partial charge < -0.3 is 30.7 Å². The van der Waals surface area contributed by atoms with Crippen LogP contribution in [0.5, 0.6) is 0 Å². The highest BCUT2D eigenvalue weighted by Gasteiger charge is 2.91. The standard InChI is InChI=1S/C12H16FN3O4/c13-7-8(16-4-3-6(14)15-10(16)18)20-12(5-1-2-5)9(17)11(7,12)19/h3-5,7-10,17-19H,1-2H2,(H2,14,15). The van der Waals surface area contributed by atoms with Crippen LogP contribution < -0.4 is 5.73 Å². The number of aliphatic hydroxyl groups excluding tert-OH is 2. The van der Waals surface area contributed by atoms with Crippen molar-refractivity contribution in [3.05, 3.63) is 12.3 Å². The molecule has 0 amide bonds. The second-order valence-corrected chi connectivity index (χ2v) is 5.87. The Morgan fingerprint density at radius 1 is 1.45 bits per heavy atom. The van der Waals surface area contributed by atoms with Crippen molar-refractivity contribution in [3.63, 3.8) is 0 Å². The van der Waals surface area contributed by atoms with E-state index in [1.807, 2.05) is 0 Å². The highest BCUT2D eigenvalue weighted by Crippen LogP contribution is 2.69. The molecule has 0 aromatic carbocycles. The number of aliphatic hydroxyl groups is 3. The lowest BCUT2D eigenvalue weighted by Crippen LogP contribution is -2.49.